The summed E-state index contributed by atoms with van der Waals surface area (Å²) in [5.41, 5.74) is 2.04. The minimum absolute atomic E-state index is 0.161. The lowest BCUT2D eigenvalue weighted by Gasteiger charge is -2.15. The van der Waals surface area contributed by atoms with Crippen molar-refractivity contribution in [1.82, 2.24) is 25.1 Å². The maximum absolute atomic E-state index is 4.59. The number of hydrogen-bond donors (Lipinski definition) is 1. The fraction of sp³-hybridized carbons (Fsp3) is 0.500. The predicted molar refractivity (Wildman–Crippen MR) is 74.8 cm³/mol. The summed E-state index contributed by atoms with van der Waals surface area (Å²) in [5.74, 6) is 0. The Labute approximate surface area is 114 Å². The molecule has 2 heterocycles. The fourth-order valence-corrected chi connectivity index (χ4v) is 2.00. The third-order valence-electron chi connectivity index (χ3n) is 3.00. The van der Waals surface area contributed by atoms with Gasteiger partial charge in [0.1, 0.15) is 0 Å². The highest BCUT2D eigenvalue weighted by Gasteiger charge is 2.14. The van der Waals surface area contributed by atoms with E-state index in [1.165, 1.54) is 0 Å². The second-order valence-electron chi connectivity index (χ2n) is 4.83. The van der Waals surface area contributed by atoms with Crippen LogP contribution in [0.1, 0.15) is 44.2 Å². The van der Waals surface area contributed by atoms with Crippen molar-refractivity contribution >= 4 is 0 Å². The van der Waals surface area contributed by atoms with Gasteiger partial charge in [0.2, 0.25) is 0 Å². The van der Waals surface area contributed by atoms with Crippen LogP contribution in [0.5, 0.6) is 0 Å². The Morgan fingerprint density at radius 3 is 2.74 bits per heavy atom. The van der Waals surface area contributed by atoms with Crippen molar-refractivity contribution in [3.05, 3.63) is 42.2 Å². The number of rotatable bonds is 6. The molecule has 0 aliphatic rings. The van der Waals surface area contributed by atoms with Gasteiger partial charge in [-0.3, -0.25) is 14.6 Å². The van der Waals surface area contributed by atoms with E-state index in [9.17, 15) is 0 Å². The van der Waals surface area contributed by atoms with Gasteiger partial charge in [-0.1, -0.05) is 6.92 Å². The first-order valence-corrected chi connectivity index (χ1v) is 6.74. The van der Waals surface area contributed by atoms with Crippen LogP contribution < -0.4 is 5.32 Å². The van der Waals surface area contributed by atoms with E-state index in [2.05, 4.69) is 47.2 Å². The molecule has 2 rings (SSSR count). The first-order chi connectivity index (χ1) is 9.20. The predicted octanol–water partition coefficient (Wildman–Crippen LogP) is 2.15. The zero-order chi connectivity index (χ0) is 13.7. The van der Waals surface area contributed by atoms with Gasteiger partial charge in [-0.05, 0) is 26.5 Å². The summed E-state index contributed by atoms with van der Waals surface area (Å²) in [6, 6.07) is 2.62. The van der Waals surface area contributed by atoms with E-state index in [-0.39, 0.29) is 6.04 Å². The molecule has 1 atom stereocenters. The van der Waals surface area contributed by atoms with Crippen molar-refractivity contribution < 1.29 is 0 Å². The SMILES string of the molecule is CCNC(Cc1ccn(C(C)C)n1)c1cnccn1. The number of aromatic nitrogens is 4. The monoisotopic (exact) mass is 259 g/mol. The van der Waals surface area contributed by atoms with Crippen LogP contribution >= 0.6 is 0 Å². The molecule has 19 heavy (non-hydrogen) atoms. The highest BCUT2D eigenvalue weighted by Crippen LogP contribution is 2.15. The van der Waals surface area contributed by atoms with Crippen molar-refractivity contribution in [2.45, 2.75) is 39.3 Å². The fourth-order valence-electron chi connectivity index (χ4n) is 2.00. The van der Waals surface area contributed by atoms with Gasteiger partial charge in [0.05, 0.1) is 17.4 Å². The Morgan fingerprint density at radius 2 is 2.16 bits per heavy atom. The molecular formula is C14H21N5. The summed E-state index contributed by atoms with van der Waals surface area (Å²) in [5, 5.41) is 8.02. The molecule has 0 spiro atoms. The van der Waals surface area contributed by atoms with Crippen molar-refractivity contribution in [2.75, 3.05) is 6.54 Å². The molecule has 2 aromatic rings. The van der Waals surface area contributed by atoms with Gasteiger partial charge >= 0.3 is 0 Å². The Hall–Kier alpha value is -1.75. The van der Waals surface area contributed by atoms with Gasteiger partial charge in [-0.25, -0.2) is 0 Å². The van der Waals surface area contributed by atoms with Crippen LogP contribution in [0.4, 0.5) is 0 Å². The molecule has 102 valence electrons. The maximum Gasteiger partial charge on any atom is 0.0760 e. The second kappa shape index (κ2) is 6.43. The van der Waals surface area contributed by atoms with E-state index in [4.69, 9.17) is 0 Å². The molecule has 1 N–H and O–H groups in total. The molecule has 0 aliphatic carbocycles. The van der Waals surface area contributed by atoms with E-state index >= 15 is 0 Å². The zero-order valence-corrected chi connectivity index (χ0v) is 11.7. The van der Waals surface area contributed by atoms with Crippen LogP contribution in [0.15, 0.2) is 30.9 Å². The van der Waals surface area contributed by atoms with E-state index < -0.39 is 0 Å². The van der Waals surface area contributed by atoms with Crippen molar-refractivity contribution in [1.29, 1.82) is 0 Å². The molecule has 0 saturated carbocycles. The first-order valence-electron chi connectivity index (χ1n) is 6.74. The van der Waals surface area contributed by atoms with Crippen molar-refractivity contribution in [2.24, 2.45) is 0 Å². The van der Waals surface area contributed by atoms with Crippen molar-refractivity contribution in [3.63, 3.8) is 0 Å². The summed E-state index contributed by atoms with van der Waals surface area (Å²) < 4.78 is 1.98. The number of hydrogen-bond acceptors (Lipinski definition) is 4. The lowest BCUT2D eigenvalue weighted by atomic mass is 10.1. The van der Waals surface area contributed by atoms with Gasteiger partial charge in [-0.2, -0.15) is 5.10 Å². The van der Waals surface area contributed by atoms with Crippen LogP contribution in [-0.4, -0.2) is 26.3 Å². The molecule has 5 heteroatoms. The Bertz CT molecular complexity index is 492. The number of nitrogens with zero attached hydrogens (tertiary/aromatic N) is 4. The maximum atomic E-state index is 4.59. The minimum atomic E-state index is 0.161. The molecule has 0 fully saturated rings. The van der Waals surface area contributed by atoms with Gasteiger partial charge in [0.15, 0.2) is 0 Å². The van der Waals surface area contributed by atoms with Gasteiger partial charge in [-0.15, -0.1) is 0 Å². The highest BCUT2D eigenvalue weighted by atomic mass is 15.3. The summed E-state index contributed by atoms with van der Waals surface area (Å²) in [6.45, 7) is 7.24. The average molecular weight is 259 g/mol. The quantitative estimate of drug-likeness (QED) is 0.863. The summed E-state index contributed by atoms with van der Waals surface area (Å²) in [6.07, 6.45) is 8.09. The van der Waals surface area contributed by atoms with Crippen LogP contribution in [0.2, 0.25) is 0 Å². The molecule has 2 aromatic heterocycles. The van der Waals surface area contributed by atoms with E-state index in [0.29, 0.717) is 6.04 Å². The van der Waals surface area contributed by atoms with Gasteiger partial charge in [0.25, 0.3) is 0 Å². The molecule has 5 nitrogen and oxygen atoms in total. The smallest absolute Gasteiger partial charge is 0.0760 e. The van der Waals surface area contributed by atoms with Crippen molar-refractivity contribution in [3.8, 4) is 0 Å². The van der Waals surface area contributed by atoms with Crippen LogP contribution in [0.3, 0.4) is 0 Å². The summed E-state index contributed by atoms with van der Waals surface area (Å²) in [7, 11) is 0. The Morgan fingerprint density at radius 1 is 1.32 bits per heavy atom. The highest BCUT2D eigenvalue weighted by molar-refractivity contribution is 5.09. The second-order valence-corrected chi connectivity index (χ2v) is 4.83. The zero-order valence-electron chi connectivity index (χ0n) is 11.7. The minimum Gasteiger partial charge on any atom is -0.309 e. The van der Waals surface area contributed by atoms with E-state index in [0.717, 1.165) is 24.4 Å². The third-order valence-corrected chi connectivity index (χ3v) is 3.00. The summed E-state index contributed by atoms with van der Waals surface area (Å²) in [4.78, 5) is 8.51. The lowest BCUT2D eigenvalue weighted by Crippen LogP contribution is -2.24. The number of likely N-dealkylation sites (N-methyl/N-ethyl adjacent to an activating group) is 1. The molecule has 1 unspecified atom stereocenters. The molecule has 0 amide bonds. The number of nitrogens with one attached hydrogen (secondary N) is 1. The third kappa shape index (κ3) is 3.61. The standard InChI is InChI=1S/C14H21N5/c1-4-16-13(14-10-15-6-7-17-14)9-12-5-8-19(18-12)11(2)3/h5-8,10-11,13,16H,4,9H2,1-3H3. The van der Waals surface area contributed by atoms with E-state index in [1.54, 1.807) is 12.4 Å². The molecule has 0 saturated heterocycles. The van der Waals surface area contributed by atoms with Crippen LogP contribution in [0, 0.1) is 0 Å². The average Bonchev–Trinajstić information content (AvgIpc) is 2.88. The summed E-state index contributed by atoms with van der Waals surface area (Å²) >= 11 is 0. The molecule has 0 radical (unpaired) electrons. The molecule has 0 aliphatic heterocycles. The van der Waals surface area contributed by atoms with E-state index in [1.807, 2.05) is 17.1 Å². The largest absolute Gasteiger partial charge is 0.309 e. The Balaban J connectivity index is 2.12. The normalized spacial score (nSPS) is 12.8. The molecule has 0 aromatic carbocycles. The van der Waals surface area contributed by atoms with Gasteiger partial charge < -0.3 is 5.32 Å². The van der Waals surface area contributed by atoms with Gasteiger partial charge in [0, 0.05) is 37.3 Å². The lowest BCUT2D eigenvalue weighted by molar-refractivity contribution is 0.501. The first kappa shape index (κ1) is 13.7. The molecular weight excluding hydrogens is 238 g/mol. The Kier molecular flexibility index (Phi) is 4.63. The topological polar surface area (TPSA) is 55.6 Å². The molecule has 0 bridgehead atoms. The van der Waals surface area contributed by atoms with Crippen LogP contribution in [-0.2, 0) is 6.42 Å². The van der Waals surface area contributed by atoms with Crippen LogP contribution in [0.25, 0.3) is 0 Å².